The van der Waals surface area contributed by atoms with Crippen molar-refractivity contribution >= 4 is 17.7 Å². The highest BCUT2D eigenvalue weighted by atomic mass is 19.4. The second-order valence-corrected chi connectivity index (χ2v) is 4.49. The maximum atomic E-state index is 12.6. The Balaban J connectivity index is 2.78. The van der Waals surface area contributed by atoms with Crippen LogP contribution in [0.2, 0.25) is 0 Å². The van der Waals surface area contributed by atoms with Crippen LogP contribution in [0.25, 0.3) is 0 Å². The number of likely N-dealkylation sites (tertiary alicyclic amines) is 1. The third kappa shape index (κ3) is 3.68. The van der Waals surface area contributed by atoms with E-state index < -0.39 is 42.2 Å². The van der Waals surface area contributed by atoms with Gasteiger partial charge < -0.3 is 10.0 Å². The molecule has 2 atom stereocenters. The number of aliphatic carboxylic acids is 1. The first kappa shape index (κ1) is 15.5. The number of carbonyl (C=O) groups is 3. The van der Waals surface area contributed by atoms with Crippen LogP contribution in [0.15, 0.2) is 0 Å². The summed E-state index contributed by atoms with van der Waals surface area (Å²) in [7, 11) is 0. The van der Waals surface area contributed by atoms with E-state index in [0.717, 1.165) is 11.8 Å². The first-order chi connectivity index (χ1) is 8.64. The number of ketones is 1. The average Bonchev–Trinajstić information content (AvgIpc) is 2.72. The van der Waals surface area contributed by atoms with Crippen LogP contribution in [0.4, 0.5) is 13.2 Å². The molecule has 0 saturated carbocycles. The van der Waals surface area contributed by atoms with E-state index in [-0.39, 0.29) is 13.0 Å². The van der Waals surface area contributed by atoms with Crippen molar-refractivity contribution < 1.29 is 32.7 Å². The van der Waals surface area contributed by atoms with Gasteiger partial charge in [-0.15, -0.1) is 0 Å². The van der Waals surface area contributed by atoms with Crippen LogP contribution in [0.1, 0.15) is 26.2 Å². The summed E-state index contributed by atoms with van der Waals surface area (Å²) in [6.07, 6.45) is -5.17. The molecule has 0 radical (unpaired) electrons. The van der Waals surface area contributed by atoms with Gasteiger partial charge in [0.2, 0.25) is 5.91 Å². The van der Waals surface area contributed by atoms with E-state index >= 15 is 0 Å². The molecule has 19 heavy (non-hydrogen) atoms. The van der Waals surface area contributed by atoms with E-state index in [1.165, 1.54) is 0 Å². The van der Waals surface area contributed by atoms with E-state index in [1.54, 1.807) is 0 Å². The van der Waals surface area contributed by atoms with Crippen LogP contribution in [0, 0.1) is 5.92 Å². The molecule has 1 fully saturated rings. The van der Waals surface area contributed by atoms with Crippen molar-refractivity contribution in [2.24, 2.45) is 5.92 Å². The van der Waals surface area contributed by atoms with Gasteiger partial charge in [0.1, 0.15) is 17.7 Å². The van der Waals surface area contributed by atoms with Gasteiger partial charge in [-0.05, 0) is 19.8 Å². The molecule has 0 aromatic carbocycles. The first-order valence-corrected chi connectivity index (χ1v) is 5.74. The molecule has 1 N–H and O–H groups in total. The Hall–Kier alpha value is -1.60. The minimum Gasteiger partial charge on any atom is -0.480 e. The van der Waals surface area contributed by atoms with Crippen molar-refractivity contribution in [2.45, 2.75) is 38.4 Å². The summed E-state index contributed by atoms with van der Waals surface area (Å²) in [5.41, 5.74) is 0. The lowest BCUT2D eigenvalue weighted by Gasteiger charge is -2.24. The zero-order valence-electron chi connectivity index (χ0n) is 10.2. The van der Waals surface area contributed by atoms with Gasteiger partial charge in [0.25, 0.3) is 0 Å². The van der Waals surface area contributed by atoms with Crippen LogP contribution in [0.3, 0.4) is 0 Å². The maximum Gasteiger partial charge on any atom is 0.399 e. The average molecular weight is 281 g/mol. The fraction of sp³-hybridized carbons (Fsp3) is 0.727. The topological polar surface area (TPSA) is 74.7 Å². The van der Waals surface area contributed by atoms with E-state index in [0.29, 0.717) is 6.42 Å². The van der Waals surface area contributed by atoms with Crippen LogP contribution in [-0.2, 0) is 14.4 Å². The molecular weight excluding hydrogens is 267 g/mol. The molecule has 1 unspecified atom stereocenters. The van der Waals surface area contributed by atoms with Crippen LogP contribution >= 0.6 is 0 Å². The number of Topliss-reactive ketones (excluding diaryl/α,β-unsaturated/α-hetero) is 1. The normalized spacial score (nSPS) is 21.3. The third-order valence-electron chi connectivity index (χ3n) is 3.12. The summed E-state index contributed by atoms with van der Waals surface area (Å²) < 4.78 is 37.7. The number of hydrogen-bond donors (Lipinski definition) is 1. The Morgan fingerprint density at radius 1 is 1.37 bits per heavy atom. The van der Waals surface area contributed by atoms with Crippen LogP contribution in [0.5, 0.6) is 0 Å². The SMILES string of the molecule is CC(=O)C(CC(=O)N1CCC[C@H]1C(=O)O)C(F)(F)F. The number of nitrogens with zero attached hydrogens (tertiary/aromatic N) is 1. The Labute approximate surface area is 107 Å². The zero-order chi connectivity index (χ0) is 14.8. The molecule has 0 bridgehead atoms. The number of amides is 1. The maximum absolute atomic E-state index is 12.6. The number of carbonyl (C=O) groups excluding carboxylic acids is 2. The lowest BCUT2D eigenvalue weighted by Crippen LogP contribution is -2.43. The number of carboxylic acid groups (broad SMARTS) is 1. The summed E-state index contributed by atoms with van der Waals surface area (Å²) in [4.78, 5) is 34.4. The van der Waals surface area contributed by atoms with Gasteiger partial charge in [0.15, 0.2) is 0 Å². The molecule has 1 heterocycles. The highest BCUT2D eigenvalue weighted by Crippen LogP contribution is 2.31. The molecule has 1 saturated heterocycles. The Bertz CT molecular complexity index is 394. The summed E-state index contributed by atoms with van der Waals surface area (Å²) in [5, 5.41) is 8.85. The number of alkyl halides is 3. The highest BCUT2D eigenvalue weighted by molar-refractivity contribution is 5.89. The van der Waals surface area contributed by atoms with Crippen LogP contribution < -0.4 is 0 Å². The second-order valence-electron chi connectivity index (χ2n) is 4.49. The number of halogens is 3. The quantitative estimate of drug-likeness (QED) is 0.840. The third-order valence-corrected chi connectivity index (χ3v) is 3.12. The van der Waals surface area contributed by atoms with Crippen molar-refractivity contribution in [3.8, 4) is 0 Å². The Kier molecular flexibility index (Phi) is 4.54. The monoisotopic (exact) mass is 281 g/mol. The molecule has 1 rings (SSSR count). The van der Waals surface area contributed by atoms with Crippen molar-refractivity contribution in [3.05, 3.63) is 0 Å². The van der Waals surface area contributed by atoms with Gasteiger partial charge in [-0.2, -0.15) is 13.2 Å². The standard InChI is InChI=1S/C11H14F3NO4/c1-6(16)7(11(12,13)14)5-9(17)15-4-2-3-8(15)10(18)19/h7-8H,2-5H2,1H3,(H,18,19)/t7?,8-/m0/s1. The molecule has 0 aromatic heterocycles. The molecule has 1 aliphatic heterocycles. The predicted molar refractivity (Wildman–Crippen MR) is 57.2 cm³/mol. The molecule has 0 spiro atoms. The van der Waals surface area contributed by atoms with Gasteiger partial charge >= 0.3 is 12.1 Å². The molecule has 108 valence electrons. The Morgan fingerprint density at radius 2 is 1.95 bits per heavy atom. The largest absolute Gasteiger partial charge is 0.480 e. The fourth-order valence-electron chi connectivity index (χ4n) is 2.10. The molecule has 5 nitrogen and oxygen atoms in total. The molecule has 1 amide bonds. The van der Waals surface area contributed by atoms with E-state index in [9.17, 15) is 27.6 Å². The lowest BCUT2D eigenvalue weighted by molar-refractivity contribution is -0.185. The van der Waals surface area contributed by atoms with Crippen molar-refractivity contribution in [1.82, 2.24) is 4.90 Å². The molecule has 1 aliphatic rings. The number of carboxylic acids is 1. The smallest absolute Gasteiger partial charge is 0.399 e. The van der Waals surface area contributed by atoms with Gasteiger partial charge in [-0.3, -0.25) is 9.59 Å². The zero-order valence-corrected chi connectivity index (χ0v) is 10.2. The van der Waals surface area contributed by atoms with E-state index in [1.807, 2.05) is 0 Å². The Morgan fingerprint density at radius 3 is 2.37 bits per heavy atom. The number of hydrogen-bond acceptors (Lipinski definition) is 3. The van der Waals surface area contributed by atoms with E-state index in [2.05, 4.69) is 0 Å². The molecular formula is C11H14F3NO4. The summed E-state index contributed by atoms with van der Waals surface area (Å²) in [6.45, 7) is 0.877. The molecule has 0 aromatic rings. The van der Waals surface area contributed by atoms with E-state index in [4.69, 9.17) is 5.11 Å². The van der Waals surface area contributed by atoms with Gasteiger partial charge in [0, 0.05) is 13.0 Å². The predicted octanol–water partition coefficient (Wildman–Crippen LogP) is 1.22. The summed E-state index contributed by atoms with van der Waals surface area (Å²) in [6, 6.07) is -1.09. The van der Waals surface area contributed by atoms with Crippen molar-refractivity contribution in [2.75, 3.05) is 6.54 Å². The number of rotatable bonds is 4. The van der Waals surface area contributed by atoms with Gasteiger partial charge in [-0.25, -0.2) is 4.79 Å². The second kappa shape index (κ2) is 5.58. The fourth-order valence-corrected chi connectivity index (χ4v) is 2.10. The first-order valence-electron chi connectivity index (χ1n) is 5.74. The minimum absolute atomic E-state index is 0.109. The van der Waals surface area contributed by atoms with Crippen molar-refractivity contribution in [1.29, 1.82) is 0 Å². The van der Waals surface area contributed by atoms with Crippen LogP contribution in [-0.4, -0.2) is 46.4 Å². The minimum atomic E-state index is -4.79. The summed E-state index contributed by atoms with van der Waals surface area (Å²) in [5.74, 6) is -5.69. The van der Waals surface area contributed by atoms with Gasteiger partial charge in [-0.1, -0.05) is 0 Å². The highest BCUT2D eigenvalue weighted by Gasteiger charge is 2.46. The molecule has 0 aliphatic carbocycles. The molecule has 8 heteroatoms. The van der Waals surface area contributed by atoms with Crippen molar-refractivity contribution in [3.63, 3.8) is 0 Å². The summed E-state index contributed by atoms with van der Waals surface area (Å²) >= 11 is 0. The van der Waals surface area contributed by atoms with Gasteiger partial charge in [0.05, 0.1) is 0 Å². The lowest BCUT2D eigenvalue weighted by atomic mass is 9.99.